The summed E-state index contributed by atoms with van der Waals surface area (Å²) in [5.74, 6) is 4.74. The molecule has 0 bridgehead atoms. The molecule has 0 spiro atoms. The first-order chi connectivity index (χ1) is 13.5. The van der Waals surface area contributed by atoms with E-state index in [1.54, 1.807) is 23.6 Å². The summed E-state index contributed by atoms with van der Waals surface area (Å²) in [4.78, 5) is 43.2. The lowest BCUT2D eigenvalue weighted by molar-refractivity contribution is -0.124. The van der Waals surface area contributed by atoms with E-state index in [1.165, 1.54) is 12.0 Å². The number of amides is 4. The smallest absolute Gasteiger partial charge is 0.322 e. The van der Waals surface area contributed by atoms with Crippen molar-refractivity contribution in [1.29, 1.82) is 0 Å². The molecular formula is C16H15N7O4S. The average Bonchev–Trinajstić information content (AvgIpc) is 3.34. The largest absolute Gasteiger partial charge is 0.497 e. The molecule has 144 valence electrons. The second kappa shape index (κ2) is 6.56. The highest BCUT2D eigenvalue weighted by Gasteiger charge is 2.52. The normalized spacial score (nSPS) is 21.2. The SMILES string of the molecule is COc1ccc2c(c1)C(=O)N(C[C@@]1(c3csc(N=NN)n3)NC(=O)NC1=O)C2. The van der Waals surface area contributed by atoms with E-state index in [1.807, 2.05) is 0 Å². The summed E-state index contributed by atoms with van der Waals surface area (Å²) in [6, 6.07) is 4.56. The van der Waals surface area contributed by atoms with Crippen LogP contribution in [0.4, 0.5) is 9.93 Å². The Balaban J connectivity index is 1.68. The van der Waals surface area contributed by atoms with Gasteiger partial charge in [-0.05, 0) is 17.7 Å². The third-order valence-electron chi connectivity index (χ3n) is 4.64. The number of fused-ring (bicyclic) bond motifs is 1. The molecule has 0 saturated carbocycles. The summed E-state index contributed by atoms with van der Waals surface area (Å²) in [6.07, 6.45) is 0. The van der Waals surface area contributed by atoms with Gasteiger partial charge in [-0.1, -0.05) is 11.3 Å². The van der Waals surface area contributed by atoms with Gasteiger partial charge in [0.1, 0.15) is 5.75 Å². The predicted octanol–water partition coefficient (Wildman–Crippen LogP) is 0.800. The number of aromatic nitrogens is 1. The molecule has 1 saturated heterocycles. The van der Waals surface area contributed by atoms with Gasteiger partial charge in [0.25, 0.3) is 11.8 Å². The molecule has 2 aliphatic heterocycles. The number of benzene rings is 1. The molecule has 2 aliphatic rings. The van der Waals surface area contributed by atoms with Crippen molar-refractivity contribution in [3.63, 3.8) is 0 Å². The Kier molecular flexibility index (Phi) is 4.19. The predicted molar refractivity (Wildman–Crippen MR) is 96.9 cm³/mol. The monoisotopic (exact) mass is 401 g/mol. The first kappa shape index (κ1) is 17.9. The standard InChI is InChI=1S/C16H15N7O4S/c1-27-9-3-2-8-5-23(12(24)10(8)4-9)7-16(13(25)19-14(26)20-16)11-6-28-15(18-11)21-22-17/h2-4,6H,5,7H2,1H3,(H2,17,18,21)(H2,19,20,25,26)/t16-/m0/s1. The summed E-state index contributed by atoms with van der Waals surface area (Å²) >= 11 is 1.11. The molecule has 3 heterocycles. The molecule has 1 fully saturated rings. The van der Waals surface area contributed by atoms with Gasteiger partial charge in [-0.25, -0.2) is 9.78 Å². The lowest BCUT2D eigenvalue weighted by atomic mass is 9.95. The van der Waals surface area contributed by atoms with Crippen molar-refractivity contribution in [2.45, 2.75) is 12.1 Å². The first-order valence-corrected chi connectivity index (χ1v) is 9.01. The molecular weight excluding hydrogens is 386 g/mol. The van der Waals surface area contributed by atoms with Crippen LogP contribution in [0.15, 0.2) is 33.9 Å². The maximum Gasteiger partial charge on any atom is 0.322 e. The zero-order chi connectivity index (χ0) is 19.9. The molecule has 1 aromatic heterocycles. The Morgan fingerprint density at radius 3 is 2.89 bits per heavy atom. The Morgan fingerprint density at radius 1 is 1.39 bits per heavy atom. The number of thiazole rings is 1. The highest BCUT2D eigenvalue weighted by Crippen LogP contribution is 2.34. The van der Waals surface area contributed by atoms with Gasteiger partial charge < -0.3 is 20.8 Å². The number of rotatable bonds is 5. The van der Waals surface area contributed by atoms with Crippen molar-refractivity contribution in [2.75, 3.05) is 13.7 Å². The Labute approximate surface area is 162 Å². The number of hydrogen-bond donors (Lipinski definition) is 3. The fourth-order valence-corrected chi connectivity index (χ4v) is 4.02. The highest BCUT2D eigenvalue weighted by molar-refractivity contribution is 7.13. The van der Waals surface area contributed by atoms with Crippen LogP contribution in [-0.2, 0) is 16.9 Å². The van der Waals surface area contributed by atoms with Gasteiger partial charge in [-0.3, -0.25) is 14.9 Å². The van der Waals surface area contributed by atoms with E-state index in [-0.39, 0.29) is 23.3 Å². The lowest BCUT2D eigenvalue weighted by Gasteiger charge is -2.29. The third kappa shape index (κ3) is 2.74. The number of nitrogens with zero attached hydrogens (tertiary/aromatic N) is 4. The van der Waals surface area contributed by atoms with Crippen LogP contribution in [0.5, 0.6) is 5.75 Å². The van der Waals surface area contributed by atoms with E-state index in [0.29, 0.717) is 17.9 Å². The van der Waals surface area contributed by atoms with Gasteiger partial charge in [-0.2, -0.15) is 0 Å². The number of methoxy groups -OCH3 is 1. The molecule has 0 unspecified atom stereocenters. The molecule has 4 amide bonds. The molecule has 4 N–H and O–H groups in total. The third-order valence-corrected chi connectivity index (χ3v) is 5.36. The Hall–Kier alpha value is -3.54. The van der Waals surface area contributed by atoms with Gasteiger partial charge in [0.15, 0.2) is 5.54 Å². The van der Waals surface area contributed by atoms with Gasteiger partial charge in [0, 0.05) is 17.5 Å². The molecule has 4 rings (SSSR count). The summed E-state index contributed by atoms with van der Waals surface area (Å²) in [5, 5.41) is 13.4. The quantitative estimate of drug-likeness (QED) is 0.292. The molecule has 12 heteroatoms. The fourth-order valence-electron chi connectivity index (χ4n) is 3.30. The number of carbonyl (C=O) groups is 3. The van der Waals surface area contributed by atoms with Crippen LogP contribution in [0.1, 0.15) is 21.6 Å². The van der Waals surface area contributed by atoms with Crippen LogP contribution < -0.4 is 21.2 Å². The van der Waals surface area contributed by atoms with Crippen molar-refractivity contribution in [3.8, 4) is 5.75 Å². The van der Waals surface area contributed by atoms with Gasteiger partial charge in [-0.15, -0.1) is 16.5 Å². The van der Waals surface area contributed by atoms with E-state index < -0.39 is 17.5 Å². The second-order valence-corrected chi connectivity index (χ2v) is 7.07. The van der Waals surface area contributed by atoms with Crippen LogP contribution in [0.2, 0.25) is 0 Å². The van der Waals surface area contributed by atoms with Crippen molar-refractivity contribution in [2.24, 2.45) is 16.2 Å². The van der Waals surface area contributed by atoms with E-state index >= 15 is 0 Å². The van der Waals surface area contributed by atoms with Crippen molar-refractivity contribution >= 4 is 34.3 Å². The summed E-state index contributed by atoms with van der Waals surface area (Å²) in [6.45, 7) is 0.200. The zero-order valence-corrected chi connectivity index (χ0v) is 15.4. The van der Waals surface area contributed by atoms with Crippen LogP contribution in [0, 0.1) is 0 Å². The van der Waals surface area contributed by atoms with Gasteiger partial charge >= 0.3 is 6.03 Å². The van der Waals surface area contributed by atoms with E-state index in [2.05, 4.69) is 26.0 Å². The van der Waals surface area contributed by atoms with Crippen molar-refractivity contribution < 1.29 is 19.1 Å². The van der Waals surface area contributed by atoms with Crippen molar-refractivity contribution in [3.05, 3.63) is 40.4 Å². The van der Waals surface area contributed by atoms with Gasteiger partial charge in [0.05, 0.1) is 19.3 Å². The van der Waals surface area contributed by atoms with Crippen LogP contribution in [0.25, 0.3) is 0 Å². The Morgan fingerprint density at radius 2 is 2.21 bits per heavy atom. The molecule has 1 aromatic carbocycles. The maximum atomic E-state index is 12.9. The number of hydrogen-bond acceptors (Lipinski definition) is 8. The number of nitrogens with two attached hydrogens (primary N) is 1. The molecule has 0 aliphatic carbocycles. The van der Waals surface area contributed by atoms with Gasteiger partial charge in [0.2, 0.25) is 5.13 Å². The Bertz CT molecular complexity index is 1020. The summed E-state index contributed by atoms with van der Waals surface area (Å²) in [5.41, 5.74) is 0.0267. The lowest BCUT2D eigenvalue weighted by Crippen LogP contribution is -2.53. The van der Waals surface area contributed by atoms with E-state index in [4.69, 9.17) is 10.6 Å². The minimum Gasteiger partial charge on any atom is -0.497 e. The number of imide groups is 1. The van der Waals surface area contributed by atoms with Crippen LogP contribution >= 0.6 is 11.3 Å². The van der Waals surface area contributed by atoms with E-state index in [0.717, 1.165) is 16.9 Å². The molecule has 2 aromatic rings. The number of ether oxygens (including phenoxy) is 1. The number of nitrogens with one attached hydrogen (secondary N) is 2. The number of carbonyl (C=O) groups excluding carboxylic acids is 3. The van der Waals surface area contributed by atoms with Crippen LogP contribution in [0.3, 0.4) is 0 Å². The van der Waals surface area contributed by atoms with Crippen LogP contribution in [-0.4, -0.2) is 41.4 Å². The molecule has 11 nitrogen and oxygen atoms in total. The molecule has 1 atom stereocenters. The topological polar surface area (TPSA) is 151 Å². The van der Waals surface area contributed by atoms with E-state index in [9.17, 15) is 14.4 Å². The summed E-state index contributed by atoms with van der Waals surface area (Å²) < 4.78 is 5.17. The number of urea groups is 1. The van der Waals surface area contributed by atoms with Crippen molar-refractivity contribution in [1.82, 2.24) is 20.5 Å². The fraction of sp³-hybridized carbons (Fsp3) is 0.250. The second-order valence-electron chi connectivity index (χ2n) is 6.23. The summed E-state index contributed by atoms with van der Waals surface area (Å²) in [7, 11) is 1.52. The zero-order valence-electron chi connectivity index (χ0n) is 14.6. The minimum absolute atomic E-state index is 0.0939. The minimum atomic E-state index is -1.53. The average molecular weight is 401 g/mol. The first-order valence-electron chi connectivity index (χ1n) is 8.13. The highest BCUT2D eigenvalue weighted by atomic mass is 32.1. The molecule has 0 radical (unpaired) electrons. The molecule has 28 heavy (non-hydrogen) atoms. The maximum absolute atomic E-state index is 12.9.